The molecule has 0 aliphatic carbocycles. The van der Waals surface area contributed by atoms with Crippen LogP contribution in [0.15, 0.2) is 24.7 Å². The van der Waals surface area contributed by atoms with Crippen molar-refractivity contribution in [3.63, 3.8) is 0 Å². The van der Waals surface area contributed by atoms with Crippen molar-refractivity contribution in [2.75, 3.05) is 26.2 Å². The van der Waals surface area contributed by atoms with Crippen molar-refractivity contribution in [2.45, 2.75) is 6.54 Å². The summed E-state index contributed by atoms with van der Waals surface area (Å²) in [7, 11) is 0. The summed E-state index contributed by atoms with van der Waals surface area (Å²) in [5.74, 6) is 0. The Bertz CT molecular complexity index is 472. The van der Waals surface area contributed by atoms with Crippen LogP contribution in [0.3, 0.4) is 0 Å². The fourth-order valence-electron chi connectivity index (χ4n) is 2.08. The SMILES string of the molecule is c1nc2ccc(CN3CCNCC3)cn2n1. The molecular weight excluding hydrogens is 202 g/mol. The van der Waals surface area contributed by atoms with Gasteiger partial charge in [0.2, 0.25) is 0 Å². The van der Waals surface area contributed by atoms with Crippen molar-refractivity contribution in [1.29, 1.82) is 0 Å². The normalized spacial score (nSPS) is 18.0. The minimum Gasteiger partial charge on any atom is -0.314 e. The Balaban J connectivity index is 1.77. The third-order valence-electron chi connectivity index (χ3n) is 2.95. The Morgan fingerprint density at radius 3 is 3.00 bits per heavy atom. The molecule has 1 aliphatic heterocycles. The summed E-state index contributed by atoms with van der Waals surface area (Å²) in [4.78, 5) is 6.59. The lowest BCUT2D eigenvalue weighted by Crippen LogP contribution is -2.42. The van der Waals surface area contributed by atoms with Crippen LogP contribution in [0.25, 0.3) is 5.65 Å². The molecule has 2 aromatic heterocycles. The lowest BCUT2D eigenvalue weighted by molar-refractivity contribution is 0.233. The maximum Gasteiger partial charge on any atom is 0.155 e. The summed E-state index contributed by atoms with van der Waals surface area (Å²) in [5.41, 5.74) is 2.20. The Morgan fingerprint density at radius 2 is 2.12 bits per heavy atom. The molecule has 3 rings (SSSR count). The van der Waals surface area contributed by atoms with E-state index in [0.717, 1.165) is 38.4 Å². The van der Waals surface area contributed by atoms with Gasteiger partial charge in [-0.05, 0) is 11.6 Å². The quantitative estimate of drug-likeness (QED) is 0.777. The van der Waals surface area contributed by atoms with E-state index in [0.29, 0.717) is 0 Å². The van der Waals surface area contributed by atoms with E-state index in [1.807, 2.05) is 10.6 Å². The first-order valence-electron chi connectivity index (χ1n) is 5.63. The third-order valence-corrected chi connectivity index (χ3v) is 2.95. The maximum absolute atomic E-state index is 4.15. The largest absolute Gasteiger partial charge is 0.314 e. The number of piperazine rings is 1. The molecule has 0 unspecified atom stereocenters. The van der Waals surface area contributed by atoms with Crippen LogP contribution in [-0.4, -0.2) is 45.7 Å². The predicted molar refractivity (Wildman–Crippen MR) is 61.1 cm³/mol. The highest BCUT2D eigenvalue weighted by Crippen LogP contribution is 2.07. The summed E-state index contributed by atoms with van der Waals surface area (Å²) in [6.45, 7) is 5.42. The second-order valence-corrected chi connectivity index (χ2v) is 4.13. The van der Waals surface area contributed by atoms with Crippen molar-refractivity contribution in [1.82, 2.24) is 24.8 Å². The van der Waals surface area contributed by atoms with Crippen molar-refractivity contribution in [3.8, 4) is 0 Å². The molecule has 1 saturated heterocycles. The second-order valence-electron chi connectivity index (χ2n) is 4.13. The molecule has 1 aliphatic rings. The third kappa shape index (κ3) is 1.91. The molecule has 0 bridgehead atoms. The molecule has 0 radical (unpaired) electrons. The van der Waals surface area contributed by atoms with Crippen molar-refractivity contribution in [2.24, 2.45) is 0 Å². The molecule has 16 heavy (non-hydrogen) atoms. The molecule has 0 aromatic carbocycles. The number of nitrogens with zero attached hydrogens (tertiary/aromatic N) is 4. The zero-order chi connectivity index (χ0) is 10.8. The molecule has 1 fully saturated rings. The summed E-state index contributed by atoms with van der Waals surface area (Å²) < 4.78 is 1.83. The molecule has 3 heterocycles. The van der Waals surface area contributed by atoms with Gasteiger partial charge >= 0.3 is 0 Å². The first kappa shape index (κ1) is 9.74. The van der Waals surface area contributed by atoms with E-state index in [9.17, 15) is 0 Å². The number of pyridine rings is 1. The van der Waals surface area contributed by atoms with Gasteiger partial charge < -0.3 is 5.32 Å². The predicted octanol–water partition coefficient (Wildman–Crippen LogP) is 0.134. The minimum absolute atomic E-state index is 0.907. The van der Waals surface area contributed by atoms with Gasteiger partial charge in [0.05, 0.1) is 0 Å². The molecule has 5 heteroatoms. The highest BCUT2D eigenvalue weighted by Gasteiger charge is 2.10. The molecule has 0 saturated carbocycles. The van der Waals surface area contributed by atoms with Crippen molar-refractivity contribution >= 4 is 5.65 Å². The van der Waals surface area contributed by atoms with E-state index in [1.54, 1.807) is 6.33 Å². The monoisotopic (exact) mass is 217 g/mol. The molecule has 84 valence electrons. The zero-order valence-corrected chi connectivity index (χ0v) is 9.13. The number of aromatic nitrogens is 3. The molecule has 0 atom stereocenters. The van der Waals surface area contributed by atoms with Crippen molar-refractivity contribution < 1.29 is 0 Å². The van der Waals surface area contributed by atoms with E-state index in [4.69, 9.17) is 0 Å². The van der Waals surface area contributed by atoms with Gasteiger partial charge in [0.1, 0.15) is 6.33 Å². The van der Waals surface area contributed by atoms with Gasteiger partial charge in [-0.1, -0.05) is 6.07 Å². The van der Waals surface area contributed by atoms with E-state index in [1.165, 1.54) is 5.56 Å². The Kier molecular flexibility index (Phi) is 2.55. The van der Waals surface area contributed by atoms with Crippen LogP contribution < -0.4 is 5.32 Å². The number of rotatable bonds is 2. The van der Waals surface area contributed by atoms with Gasteiger partial charge in [0.25, 0.3) is 0 Å². The van der Waals surface area contributed by atoms with Crippen LogP contribution in [0, 0.1) is 0 Å². The molecule has 1 N–H and O–H groups in total. The van der Waals surface area contributed by atoms with Gasteiger partial charge in [-0.2, -0.15) is 5.10 Å². The van der Waals surface area contributed by atoms with Crippen LogP contribution in [0.2, 0.25) is 0 Å². The van der Waals surface area contributed by atoms with Gasteiger partial charge in [-0.15, -0.1) is 0 Å². The second kappa shape index (κ2) is 4.19. The molecule has 5 nitrogen and oxygen atoms in total. The smallest absolute Gasteiger partial charge is 0.155 e. The van der Waals surface area contributed by atoms with Gasteiger partial charge in [0, 0.05) is 38.9 Å². The van der Waals surface area contributed by atoms with Crippen LogP contribution in [0.1, 0.15) is 5.56 Å². The van der Waals surface area contributed by atoms with Crippen LogP contribution in [0.5, 0.6) is 0 Å². The zero-order valence-electron chi connectivity index (χ0n) is 9.13. The topological polar surface area (TPSA) is 45.5 Å². The van der Waals surface area contributed by atoms with Gasteiger partial charge in [-0.3, -0.25) is 4.90 Å². The number of hydrogen-bond donors (Lipinski definition) is 1. The minimum atomic E-state index is 0.907. The summed E-state index contributed by atoms with van der Waals surface area (Å²) in [6, 6.07) is 4.15. The fourth-order valence-corrected chi connectivity index (χ4v) is 2.08. The molecular formula is C11H15N5. The standard InChI is InChI=1S/C11H15N5/c1-2-11-13-9-14-16(11)8-10(1)7-15-5-3-12-4-6-15/h1-2,8-9,12H,3-7H2. The molecule has 0 spiro atoms. The van der Waals surface area contributed by atoms with E-state index in [2.05, 4.69) is 32.6 Å². The van der Waals surface area contributed by atoms with Crippen LogP contribution in [-0.2, 0) is 6.54 Å². The average Bonchev–Trinajstić information content (AvgIpc) is 2.77. The summed E-state index contributed by atoms with van der Waals surface area (Å²) >= 11 is 0. The van der Waals surface area contributed by atoms with E-state index < -0.39 is 0 Å². The molecule has 2 aromatic rings. The Labute approximate surface area is 94.1 Å². The highest BCUT2D eigenvalue weighted by molar-refractivity contribution is 5.37. The Morgan fingerprint density at radius 1 is 1.25 bits per heavy atom. The number of hydrogen-bond acceptors (Lipinski definition) is 4. The first-order valence-corrected chi connectivity index (χ1v) is 5.63. The fraction of sp³-hybridized carbons (Fsp3) is 0.455. The lowest BCUT2D eigenvalue weighted by Gasteiger charge is -2.27. The van der Waals surface area contributed by atoms with Gasteiger partial charge in [-0.25, -0.2) is 9.50 Å². The van der Waals surface area contributed by atoms with Crippen LogP contribution in [0.4, 0.5) is 0 Å². The van der Waals surface area contributed by atoms with Gasteiger partial charge in [0.15, 0.2) is 5.65 Å². The van der Waals surface area contributed by atoms with Crippen LogP contribution >= 0.6 is 0 Å². The summed E-state index contributed by atoms with van der Waals surface area (Å²) in [5, 5.41) is 7.50. The first-order chi connectivity index (χ1) is 7.92. The molecule has 0 amide bonds. The average molecular weight is 217 g/mol. The lowest BCUT2D eigenvalue weighted by atomic mass is 10.2. The number of fused-ring (bicyclic) bond motifs is 1. The Hall–Kier alpha value is -1.46. The maximum atomic E-state index is 4.15. The van der Waals surface area contributed by atoms with Crippen molar-refractivity contribution in [3.05, 3.63) is 30.2 Å². The number of nitrogens with one attached hydrogen (secondary N) is 1. The van der Waals surface area contributed by atoms with E-state index in [-0.39, 0.29) is 0 Å². The summed E-state index contributed by atoms with van der Waals surface area (Å²) in [6.07, 6.45) is 3.65. The van der Waals surface area contributed by atoms with E-state index >= 15 is 0 Å². The highest BCUT2D eigenvalue weighted by atomic mass is 15.3.